The highest BCUT2D eigenvalue weighted by molar-refractivity contribution is 5.95. The van der Waals surface area contributed by atoms with E-state index in [9.17, 15) is 4.79 Å². The van der Waals surface area contributed by atoms with E-state index in [2.05, 4.69) is 53.3 Å². The van der Waals surface area contributed by atoms with Crippen LogP contribution in [0.15, 0.2) is 29.3 Å². The number of nitrogens with zero attached hydrogens (tertiary/aromatic N) is 2. The summed E-state index contributed by atoms with van der Waals surface area (Å²) in [5.41, 5.74) is 2.64. The number of aryl methyl sites for hydroxylation is 1. The molecule has 2 rings (SSSR count). The van der Waals surface area contributed by atoms with Crippen molar-refractivity contribution in [3.63, 3.8) is 0 Å². The first-order valence-corrected chi connectivity index (χ1v) is 8.45. The van der Waals surface area contributed by atoms with Gasteiger partial charge in [-0.2, -0.15) is 0 Å². The zero-order chi connectivity index (χ0) is 16.7. The van der Waals surface area contributed by atoms with E-state index in [0.29, 0.717) is 12.5 Å². The Hall–Kier alpha value is -2.04. The lowest BCUT2D eigenvalue weighted by Gasteiger charge is -2.29. The molecular formula is C18H27N3O2. The molecule has 0 aliphatic carbocycles. The maximum Gasteiger partial charge on any atom is 0.413 e. The molecule has 1 heterocycles. The van der Waals surface area contributed by atoms with Crippen molar-refractivity contribution in [1.29, 1.82) is 0 Å². The molecular weight excluding hydrogens is 290 g/mol. The van der Waals surface area contributed by atoms with Gasteiger partial charge in [0.05, 0.1) is 19.7 Å². The highest BCUT2D eigenvalue weighted by atomic mass is 16.5. The summed E-state index contributed by atoms with van der Waals surface area (Å²) in [7, 11) is 1.37. The number of nitrogens with one attached hydrogen (secondary N) is 1. The quantitative estimate of drug-likeness (QED) is 0.817. The van der Waals surface area contributed by atoms with E-state index in [1.165, 1.54) is 31.1 Å². The van der Waals surface area contributed by atoms with Crippen LogP contribution in [0.5, 0.6) is 0 Å². The molecule has 23 heavy (non-hydrogen) atoms. The lowest BCUT2D eigenvalue weighted by atomic mass is 9.98. The Morgan fingerprint density at radius 1 is 1.35 bits per heavy atom. The van der Waals surface area contributed by atoms with Crippen LogP contribution in [0.3, 0.4) is 0 Å². The molecule has 0 spiro atoms. The van der Waals surface area contributed by atoms with E-state index in [0.717, 1.165) is 19.4 Å². The number of carbonyl (C=O) groups excluding carboxylic acids is 1. The maximum absolute atomic E-state index is 11.6. The Labute approximate surface area is 138 Å². The van der Waals surface area contributed by atoms with Crippen molar-refractivity contribution in [3.05, 3.63) is 35.4 Å². The number of ether oxygens (including phenoxy) is 1. The minimum absolute atomic E-state index is 0.190. The van der Waals surface area contributed by atoms with Crippen LogP contribution in [0, 0.1) is 0 Å². The van der Waals surface area contributed by atoms with E-state index < -0.39 is 6.09 Å². The van der Waals surface area contributed by atoms with Gasteiger partial charge >= 0.3 is 6.09 Å². The van der Waals surface area contributed by atoms with Gasteiger partial charge in [0.2, 0.25) is 5.96 Å². The molecule has 1 unspecified atom stereocenters. The Bertz CT molecular complexity index is 557. The molecule has 5 nitrogen and oxygen atoms in total. The van der Waals surface area contributed by atoms with Crippen molar-refractivity contribution in [2.45, 2.75) is 45.6 Å². The zero-order valence-electron chi connectivity index (χ0n) is 14.3. The summed E-state index contributed by atoms with van der Waals surface area (Å²) in [4.78, 5) is 18.3. The lowest BCUT2D eigenvalue weighted by Crippen LogP contribution is -2.43. The van der Waals surface area contributed by atoms with E-state index >= 15 is 0 Å². The van der Waals surface area contributed by atoms with Gasteiger partial charge in [-0.25, -0.2) is 4.79 Å². The topological polar surface area (TPSA) is 53.9 Å². The fourth-order valence-corrected chi connectivity index (χ4v) is 3.00. The standard InChI is InChI=1S/C18H27N3O2/c1-4-6-9-12-21-16(13-19-17(21)20-18(22)23-3)15-11-8-7-10-14(15)5-2/h7-8,10-11,16H,4-6,9,12-13H2,1-3H3,(H,19,20,22). The maximum atomic E-state index is 11.6. The van der Waals surface area contributed by atoms with Gasteiger partial charge in [0, 0.05) is 6.54 Å². The number of carbonyl (C=O) groups is 1. The van der Waals surface area contributed by atoms with E-state index in [-0.39, 0.29) is 6.04 Å². The Kier molecular flexibility index (Phi) is 6.44. The molecule has 1 amide bonds. The van der Waals surface area contributed by atoms with Crippen molar-refractivity contribution in [1.82, 2.24) is 10.2 Å². The van der Waals surface area contributed by atoms with Gasteiger partial charge in [-0.05, 0) is 24.0 Å². The molecule has 1 aliphatic heterocycles. The number of benzene rings is 1. The smallest absolute Gasteiger partial charge is 0.413 e. The van der Waals surface area contributed by atoms with Crippen molar-refractivity contribution in [2.24, 2.45) is 4.99 Å². The summed E-state index contributed by atoms with van der Waals surface area (Å²) in [6.07, 6.45) is 3.96. The third-order valence-electron chi connectivity index (χ3n) is 4.26. The number of amides is 1. The van der Waals surface area contributed by atoms with Crippen molar-refractivity contribution in [2.75, 3.05) is 20.2 Å². The highest BCUT2D eigenvalue weighted by Crippen LogP contribution is 2.29. The summed E-state index contributed by atoms with van der Waals surface area (Å²) in [6, 6.07) is 8.69. The zero-order valence-corrected chi connectivity index (χ0v) is 14.3. The van der Waals surface area contributed by atoms with Gasteiger partial charge in [-0.15, -0.1) is 0 Å². The molecule has 126 valence electrons. The van der Waals surface area contributed by atoms with Gasteiger partial charge in [0.25, 0.3) is 0 Å². The number of unbranched alkanes of at least 4 members (excludes halogenated alkanes) is 2. The Balaban J connectivity index is 2.19. The van der Waals surface area contributed by atoms with Crippen molar-refractivity contribution < 1.29 is 9.53 Å². The molecule has 1 aliphatic rings. The van der Waals surface area contributed by atoms with E-state index in [4.69, 9.17) is 4.74 Å². The largest absolute Gasteiger partial charge is 0.453 e. The minimum atomic E-state index is -0.464. The summed E-state index contributed by atoms with van der Waals surface area (Å²) >= 11 is 0. The van der Waals surface area contributed by atoms with Gasteiger partial charge < -0.3 is 9.64 Å². The molecule has 0 saturated carbocycles. The van der Waals surface area contributed by atoms with Crippen LogP contribution >= 0.6 is 0 Å². The molecule has 0 fully saturated rings. The normalized spacial score (nSPS) is 17.1. The van der Waals surface area contributed by atoms with E-state index in [1.54, 1.807) is 0 Å². The molecule has 0 radical (unpaired) electrons. The third-order valence-corrected chi connectivity index (χ3v) is 4.26. The average molecular weight is 317 g/mol. The number of hydrogen-bond donors (Lipinski definition) is 1. The Morgan fingerprint density at radius 3 is 2.83 bits per heavy atom. The van der Waals surface area contributed by atoms with Crippen molar-refractivity contribution in [3.8, 4) is 0 Å². The van der Waals surface area contributed by atoms with Crippen LogP contribution in [0.4, 0.5) is 4.79 Å². The summed E-state index contributed by atoms with van der Waals surface area (Å²) in [5.74, 6) is 0.629. The third kappa shape index (κ3) is 4.24. The molecule has 1 aromatic rings. The molecule has 1 N–H and O–H groups in total. The van der Waals surface area contributed by atoms with Gasteiger partial charge in [-0.3, -0.25) is 10.3 Å². The summed E-state index contributed by atoms with van der Waals surface area (Å²) in [6.45, 7) is 5.92. The van der Waals surface area contributed by atoms with Gasteiger partial charge in [0.15, 0.2) is 0 Å². The highest BCUT2D eigenvalue weighted by Gasteiger charge is 2.30. The monoisotopic (exact) mass is 317 g/mol. The summed E-state index contributed by atoms with van der Waals surface area (Å²) < 4.78 is 4.71. The van der Waals surface area contributed by atoms with Crippen molar-refractivity contribution >= 4 is 12.1 Å². The van der Waals surface area contributed by atoms with Crippen LogP contribution < -0.4 is 5.32 Å². The van der Waals surface area contributed by atoms with E-state index in [1.807, 2.05) is 0 Å². The fraction of sp³-hybridized carbons (Fsp3) is 0.556. The average Bonchev–Trinajstić information content (AvgIpc) is 2.97. The van der Waals surface area contributed by atoms with Crippen LogP contribution in [-0.2, 0) is 11.2 Å². The summed E-state index contributed by atoms with van der Waals surface area (Å²) in [5, 5.41) is 2.76. The first-order valence-electron chi connectivity index (χ1n) is 8.45. The molecule has 5 heteroatoms. The SMILES string of the molecule is CCCCCN1C(NC(=O)OC)=NCC1c1ccccc1CC. The molecule has 0 bridgehead atoms. The Morgan fingerprint density at radius 2 is 2.13 bits per heavy atom. The molecule has 0 saturated heterocycles. The predicted octanol–water partition coefficient (Wildman–Crippen LogP) is 3.51. The van der Waals surface area contributed by atoms with Gasteiger partial charge in [0.1, 0.15) is 0 Å². The molecule has 1 aromatic carbocycles. The number of guanidine groups is 1. The first-order chi connectivity index (χ1) is 11.2. The minimum Gasteiger partial charge on any atom is -0.453 e. The second-order valence-corrected chi connectivity index (χ2v) is 5.75. The first kappa shape index (κ1) is 17.3. The lowest BCUT2D eigenvalue weighted by molar-refractivity contribution is 0.175. The number of methoxy groups -OCH3 is 1. The van der Waals surface area contributed by atoms with Crippen LogP contribution in [0.1, 0.15) is 50.3 Å². The van der Waals surface area contributed by atoms with Gasteiger partial charge in [-0.1, -0.05) is 51.0 Å². The number of rotatable bonds is 6. The second-order valence-electron chi connectivity index (χ2n) is 5.75. The number of alkyl carbamates (subject to hydrolysis) is 1. The number of hydrogen-bond acceptors (Lipinski definition) is 4. The molecule has 0 aromatic heterocycles. The molecule has 1 atom stereocenters. The van der Waals surface area contributed by atoms with Crippen LogP contribution in [-0.4, -0.2) is 37.2 Å². The van der Waals surface area contributed by atoms with Crippen LogP contribution in [0.25, 0.3) is 0 Å². The predicted molar refractivity (Wildman–Crippen MR) is 92.6 cm³/mol. The fourth-order valence-electron chi connectivity index (χ4n) is 3.00. The number of aliphatic imine (C=N–C) groups is 1. The van der Waals surface area contributed by atoms with Crippen LogP contribution in [0.2, 0.25) is 0 Å². The second kappa shape index (κ2) is 8.56.